The van der Waals surface area contributed by atoms with Crippen LogP contribution in [0.5, 0.6) is 0 Å². The fourth-order valence-corrected chi connectivity index (χ4v) is 2.57. The number of urea groups is 1. The van der Waals surface area contributed by atoms with Gasteiger partial charge in [-0.15, -0.1) is 0 Å². The number of carbonyl (C=O) groups excluding carboxylic acids is 2. The first-order valence-electron chi connectivity index (χ1n) is 5.64. The third-order valence-corrected chi connectivity index (χ3v) is 3.93. The van der Waals surface area contributed by atoms with Gasteiger partial charge in [-0.05, 0) is 26.2 Å². The van der Waals surface area contributed by atoms with E-state index in [1.807, 2.05) is 6.92 Å². The van der Waals surface area contributed by atoms with Gasteiger partial charge < -0.3 is 9.64 Å². The summed E-state index contributed by atoms with van der Waals surface area (Å²) in [5.41, 5.74) is -0.309. The molecule has 0 aromatic carbocycles. The lowest BCUT2D eigenvalue weighted by molar-refractivity contribution is -0.142. The molecule has 1 saturated carbocycles. The Morgan fingerprint density at radius 2 is 2.00 bits per heavy atom. The third-order valence-electron chi connectivity index (χ3n) is 3.93. The number of rotatable bonds is 3. The molecule has 1 atom stereocenters. The van der Waals surface area contributed by atoms with Gasteiger partial charge in [-0.25, -0.2) is 4.79 Å². The molecular weight excluding hydrogens is 208 g/mol. The molecule has 1 unspecified atom stereocenters. The zero-order valence-corrected chi connectivity index (χ0v) is 10.0. The van der Waals surface area contributed by atoms with Gasteiger partial charge in [0.15, 0.2) is 0 Å². The molecule has 16 heavy (non-hydrogen) atoms. The SMILES string of the molecule is COC1(C(C)N2C(=O)CN(C)C2=O)CCC1. The van der Waals surface area contributed by atoms with Gasteiger partial charge in [-0.3, -0.25) is 9.69 Å². The van der Waals surface area contributed by atoms with E-state index in [1.54, 1.807) is 14.2 Å². The molecule has 0 spiro atoms. The maximum atomic E-state index is 11.8. The number of amides is 3. The lowest BCUT2D eigenvalue weighted by Gasteiger charge is -2.47. The van der Waals surface area contributed by atoms with Crippen LogP contribution in [0.1, 0.15) is 26.2 Å². The Labute approximate surface area is 95.3 Å². The molecule has 0 N–H and O–H groups in total. The van der Waals surface area contributed by atoms with Crippen molar-refractivity contribution in [3.63, 3.8) is 0 Å². The molecule has 3 amide bonds. The van der Waals surface area contributed by atoms with Gasteiger partial charge in [0, 0.05) is 14.2 Å². The number of carbonyl (C=O) groups is 2. The van der Waals surface area contributed by atoms with Crippen molar-refractivity contribution in [3.8, 4) is 0 Å². The van der Waals surface area contributed by atoms with Crippen molar-refractivity contribution in [2.24, 2.45) is 0 Å². The summed E-state index contributed by atoms with van der Waals surface area (Å²) >= 11 is 0. The second-order valence-corrected chi connectivity index (χ2v) is 4.70. The van der Waals surface area contributed by atoms with Crippen molar-refractivity contribution in [1.82, 2.24) is 9.80 Å². The van der Waals surface area contributed by atoms with E-state index in [2.05, 4.69) is 0 Å². The van der Waals surface area contributed by atoms with E-state index in [0.29, 0.717) is 0 Å². The maximum Gasteiger partial charge on any atom is 0.327 e. The van der Waals surface area contributed by atoms with Crippen LogP contribution in [0.3, 0.4) is 0 Å². The van der Waals surface area contributed by atoms with E-state index in [9.17, 15) is 9.59 Å². The molecule has 90 valence electrons. The van der Waals surface area contributed by atoms with Gasteiger partial charge in [-0.2, -0.15) is 0 Å². The quantitative estimate of drug-likeness (QED) is 0.670. The highest BCUT2D eigenvalue weighted by atomic mass is 16.5. The summed E-state index contributed by atoms with van der Waals surface area (Å²) in [7, 11) is 3.30. The van der Waals surface area contributed by atoms with E-state index < -0.39 is 0 Å². The number of ether oxygens (including phenoxy) is 1. The largest absolute Gasteiger partial charge is 0.376 e. The van der Waals surface area contributed by atoms with Crippen LogP contribution in [-0.2, 0) is 9.53 Å². The van der Waals surface area contributed by atoms with Crippen LogP contribution in [-0.4, -0.2) is 54.1 Å². The molecule has 5 heteroatoms. The molecule has 1 heterocycles. The molecule has 1 aliphatic carbocycles. The zero-order chi connectivity index (χ0) is 11.9. The van der Waals surface area contributed by atoms with E-state index in [-0.39, 0.29) is 30.1 Å². The van der Waals surface area contributed by atoms with Crippen LogP contribution in [0.2, 0.25) is 0 Å². The summed E-state index contributed by atoms with van der Waals surface area (Å²) in [6, 6.07) is -0.378. The van der Waals surface area contributed by atoms with Crippen molar-refractivity contribution < 1.29 is 14.3 Å². The molecule has 2 fully saturated rings. The van der Waals surface area contributed by atoms with Gasteiger partial charge >= 0.3 is 6.03 Å². The van der Waals surface area contributed by atoms with Crippen molar-refractivity contribution in [2.45, 2.75) is 37.8 Å². The lowest BCUT2D eigenvalue weighted by atomic mass is 9.74. The van der Waals surface area contributed by atoms with Crippen LogP contribution in [0, 0.1) is 0 Å². The van der Waals surface area contributed by atoms with E-state index in [0.717, 1.165) is 19.3 Å². The molecule has 1 aliphatic heterocycles. The number of methoxy groups -OCH3 is 1. The molecule has 1 saturated heterocycles. The van der Waals surface area contributed by atoms with Crippen molar-refractivity contribution in [1.29, 1.82) is 0 Å². The highest BCUT2D eigenvalue weighted by Gasteiger charge is 2.50. The fourth-order valence-electron chi connectivity index (χ4n) is 2.57. The summed E-state index contributed by atoms with van der Waals surface area (Å²) < 4.78 is 5.52. The Hall–Kier alpha value is -1.10. The number of likely N-dealkylation sites (N-methyl/N-ethyl adjacent to an activating group) is 1. The minimum absolute atomic E-state index is 0.122. The maximum absolute atomic E-state index is 11.8. The molecule has 0 aromatic heterocycles. The first kappa shape index (κ1) is 11.4. The van der Waals surface area contributed by atoms with E-state index in [1.165, 1.54) is 9.80 Å². The summed E-state index contributed by atoms with van der Waals surface area (Å²) in [5.74, 6) is -0.122. The van der Waals surface area contributed by atoms with E-state index in [4.69, 9.17) is 4.74 Å². The van der Waals surface area contributed by atoms with Gasteiger partial charge in [-0.1, -0.05) is 0 Å². The van der Waals surface area contributed by atoms with Gasteiger partial charge in [0.1, 0.15) is 6.54 Å². The number of imide groups is 1. The minimum Gasteiger partial charge on any atom is -0.376 e. The topological polar surface area (TPSA) is 49.9 Å². The Bertz CT molecular complexity index is 320. The lowest BCUT2D eigenvalue weighted by Crippen LogP contribution is -2.58. The summed E-state index contributed by atoms with van der Waals surface area (Å²) in [6.07, 6.45) is 2.95. The molecule has 2 rings (SSSR count). The predicted octanol–water partition coefficient (Wildman–Crippen LogP) is 0.838. The highest BCUT2D eigenvalue weighted by molar-refractivity contribution is 6.02. The normalized spacial score (nSPS) is 25.9. The first-order chi connectivity index (χ1) is 7.52. The Morgan fingerprint density at radius 3 is 2.31 bits per heavy atom. The summed E-state index contributed by atoms with van der Waals surface area (Å²) in [4.78, 5) is 26.4. The number of hydrogen-bond acceptors (Lipinski definition) is 3. The van der Waals surface area contributed by atoms with Crippen LogP contribution in [0.15, 0.2) is 0 Å². The van der Waals surface area contributed by atoms with Crippen molar-refractivity contribution >= 4 is 11.9 Å². The summed E-state index contributed by atoms with van der Waals surface area (Å²) in [6.45, 7) is 2.08. The highest BCUT2D eigenvalue weighted by Crippen LogP contribution is 2.40. The Kier molecular flexibility index (Phi) is 2.66. The second kappa shape index (κ2) is 3.73. The third kappa shape index (κ3) is 1.42. The standard InChI is InChI=1S/C11H18N2O3/c1-8(11(16-3)5-4-6-11)13-9(14)7-12(2)10(13)15/h8H,4-7H2,1-3H3. The fraction of sp³-hybridized carbons (Fsp3) is 0.818. The van der Waals surface area contributed by atoms with Crippen LogP contribution in [0.25, 0.3) is 0 Å². The van der Waals surface area contributed by atoms with E-state index >= 15 is 0 Å². The molecule has 0 aromatic rings. The summed E-state index contributed by atoms with van der Waals surface area (Å²) in [5, 5.41) is 0. The van der Waals surface area contributed by atoms with Crippen molar-refractivity contribution in [2.75, 3.05) is 20.7 Å². The van der Waals surface area contributed by atoms with Gasteiger partial charge in [0.05, 0.1) is 11.6 Å². The average molecular weight is 226 g/mol. The van der Waals surface area contributed by atoms with Crippen LogP contribution < -0.4 is 0 Å². The van der Waals surface area contributed by atoms with Gasteiger partial charge in [0.2, 0.25) is 0 Å². The first-order valence-corrected chi connectivity index (χ1v) is 5.64. The molecular formula is C11H18N2O3. The number of nitrogens with zero attached hydrogens (tertiary/aromatic N) is 2. The average Bonchev–Trinajstić information content (AvgIpc) is 2.40. The predicted molar refractivity (Wildman–Crippen MR) is 57.9 cm³/mol. The molecule has 0 radical (unpaired) electrons. The van der Waals surface area contributed by atoms with Crippen LogP contribution in [0.4, 0.5) is 4.79 Å². The van der Waals surface area contributed by atoms with Gasteiger partial charge in [0.25, 0.3) is 5.91 Å². The second-order valence-electron chi connectivity index (χ2n) is 4.70. The Morgan fingerprint density at radius 1 is 1.38 bits per heavy atom. The molecule has 2 aliphatic rings. The Balaban J connectivity index is 2.18. The molecule has 0 bridgehead atoms. The monoisotopic (exact) mass is 226 g/mol. The number of hydrogen-bond donors (Lipinski definition) is 0. The smallest absolute Gasteiger partial charge is 0.327 e. The van der Waals surface area contributed by atoms with Crippen LogP contribution >= 0.6 is 0 Å². The van der Waals surface area contributed by atoms with Crippen molar-refractivity contribution in [3.05, 3.63) is 0 Å². The zero-order valence-electron chi connectivity index (χ0n) is 10.0. The minimum atomic E-state index is -0.309. The molecule has 5 nitrogen and oxygen atoms in total.